The molecular formula is C14H15ClN2O2. The van der Waals surface area contributed by atoms with Gasteiger partial charge in [0.2, 0.25) is 5.89 Å². The van der Waals surface area contributed by atoms with Crippen molar-refractivity contribution in [3.05, 3.63) is 47.6 Å². The Morgan fingerprint density at radius 1 is 1.37 bits per heavy atom. The maximum absolute atomic E-state index is 6.04. The SMILES string of the molecule is Clc1ccc(O[C@@H](c2ncco2)[C@H]2CCNC2)cc1. The minimum absolute atomic E-state index is 0.161. The van der Waals surface area contributed by atoms with E-state index in [4.69, 9.17) is 20.8 Å². The van der Waals surface area contributed by atoms with E-state index in [2.05, 4.69) is 10.3 Å². The Labute approximate surface area is 116 Å². The molecule has 1 aliphatic rings. The first-order valence-corrected chi connectivity index (χ1v) is 6.73. The third kappa shape index (κ3) is 2.91. The summed E-state index contributed by atoms with van der Waals surface area (Å²) in [5.74, 6) is 1.78. The molecule has 0 spiro atoms. The lowest BCUT2D eigenvalue weighted by molar-refractivity contribution is 0.114. The molecular weight excluding hydrogens is 264 g/mol. The van der Waals surface area contributed by atoms with Crippen molar-refractivity contribution >= 4 is 11.6 Å². The van der Waals surface area contributed by atoms with Crippen LogP contribution in [0, 0.1) is 5.92 Å². The Morgan fingerprint density at radius 2 is 2.21 bits per heavy atom. The van der Waals surface area contributed by atoms with E-state index >= 15 is 0 Å². The van der Waals surface area contributed by atoms with E-state index in [-0.39, 0.29) is 6.10 Å². The molecule has 2 heterocycles. The lowest BCUT2D eigenvalue weighted by Gasteiger charge is -2.21. The highest BCUT2D eigenvalue weighted by Crippen LogP contribution is 2.31. The van der Waals surface area contributed by atoms with Crippen molar-refractivity contribution in [3.8, 4) is 5.75 Å². The molecule has 0 unspecified atom stereocenters. The van der Waals surface area contributed by atoms with Crippen molar-refractivity contribution < 1.29 is 9.15 Å². The van der Waals surface area contributed by atoms with Crippen molar-refractivity contribution in [1.29, 1.82) is 0 Å². The number of aromatic nitrogens is 1. The zero-order valence-electron chi connectivity index (χ0n) is 10.4. The van der Waals surface area contributed by atoms with Crippen LogP contribution < -0.4 is 10.1 Å². The average molecular weight is 279 g/mol. The Balaban J connectivity index is 1.81. The standard InChI is InChI=1S/C14H15ClN2O2/c15-11-1-3-12(4-2-11)19-13(10-5-6-16-9-10)14-17-7-8-18-14/h1-4,7-8,10,13,16H,5-6,9H2/t10-,13+/m0/s1. The molecule has 1 N–H and O–H groups in total. The van der Waals surface area contributed by atoms with Crippen LogP contribution >= 0.6 is 11.6 Å². The molecule has 0 amide bonds. The van der Waals surface area contributed by atoms with Gasteiger partial charge in [-0.2, -0.15) is 0 Å². The van der Waals surface area contributed by atoms with Gasteiger partial charge in [-0.25, -0.2) is 4.98 Å². The summed E-state index contributed by atoms with van der Waals surface area (Å²) in [7, 11) is 0. The topological polar surface area (TPSA) is 47.3 Å². The molecule has 5 heteroatoms. The quantitative estimate of drug-likeness (QED) is 0.934. The third-order valence-corrected chi connectivity index (χ3v) is 3.55. The third-order valence-electron chi connectivity index (χ3n) is 3.30. The van der Waals surface area contributed by atoms with Crippen LogP contribution in [0.5, 0.6) is 5.75 Å². The number of hydrogen-bond donors (Lipinski definition) is 1. The van der Waals surface area contributed by atoms with Crippen LogP contribution in [0.2, 0.25) is 5.02 Å². The van der Waals surface area contributed by atoms with Crippen molar-refractivity contribution in [1.82, 2.24) is 10.3 Å². The van der Waals surface area contributed by atoms with E-state index in [1.807, 2.05) is 24.3 Å². The minimum Gasteiger partial charge on any atom is -0.480 e. The zero-order valence-corrected chi connectivity index (χ0v) is 11.1. The van der Waals surface area contributed by atoms with Gasteiger partial charge in [-0.05, 0) is 37.2 Å². The van der Waals surface area contributed by atoms with Gasteiger partial charge in [-0.1, -0.05) is 11.6 Å². The van der Waals surface area contributed by atoms with Crippen molar-refractivity contribution in [3.63, 3.8) is 0 Å². The van der Waals surface area contributed by atoms with Crippen LogP contribution in [0.1, 0.15) is 18.4 Å². The molecule has 1 aromatic heterocycles. The molecule has 19 heavy (non-hydrogen) atoms. The molecule has 1 aliphatic heterocycles. The van der Waals surface area contributed by atoms with E-state index in [1.165, 1.54) is 0 Å². The largest absolute Gasteiger partial charge is 0.480 e. The number of ether oxygens (including phenoxy) is 1. The maximum Gasteiger partial charge on any atom is 0.235 e. The molecule has 0 aliphatic carbocycles. The number of hydrogen-bond acceptors (Lipinski definition) is 4. The number of benzene rings is 1. The molecule has 1 fully saturated rings. The molecule has 2 aromatic rings. The van der Waals surface area contributed by atoms with Crippen LogP contribution in [-0.2, 0) is 0 Å². The predicted molar refractivity (Wildman–Crippen MR) is 72.3 cm³/mol. The normalized spacial score (nSPS) is 20.4. The van der Waals surface area contributed by atoms with Gasteiger partial charge >= 0.3 is 0 Å². The minimum atomic E-state index is -0.161. The number of rotatable bonds is 4. The van der Waals surface area contributed by atoms with Gasteiger partial charge in [0.15, 0.2) is 6.10 Å². The summed E-state index contributed by atoms with van der Waals surface area (Å²) in [6, 6.07) is 7.36. The highest BCUT2D eigenvalue weighted by Gasteiger charge is 2.31. The van der Waals surface area contributed by atoms with Gasteiger partial charge in [-0.3, -0.25) is 0 Å². The van der Waals surface area contributed by atoms with Gasteiger partial charge in [0.1, 0.15) is 12.0 Å². The Kier molecular flexibility index (Phi) is 3.71. The van der Waals surface area contributed by atoms with Crippen molar-refractivity contribution in [2.45, 2.75) is 12.5 Å². The number of nitrogens with zero attached hydrogens (tertiary/aromatic N) is 1. The lowest BCUT2D eigenvalue weighted by atomic mass is 10.0. The average Bonchev–Trinajstić information content (AvgIpc) is 3.11. The Bertz CT molecular complexity index is 507. The van der Waals surface area contributed by atoms with E-state index in [9.17, 15) is 0 Å². The molecule has 2 atom stereocenters. The molecule has 100 valence electrons. The van der Waals surface area contributed by atoms with Crippen molar-refractivity contribution in [2.75, 3.05) is 13.1 Å². The first-order valence-electron chi connectivity index (χ1n) is 6.35. The van der Waals surface area contributed by atoms with Crippen LogP contribution in [0.25, 0.3) is 0 Å². The summed E-state index contributed by atoms with van der Waals surface area (Å²) in [5.41, 5.74) is 0. The summed E-state index contributed by atoms with van der Waals surface area (Å²) >= 11 is 5.88. The Hall–Kier alpha value is -1.52. The zero-order chi connectivity index (χ0) is 13.1. The molecule has 1 saturated heterocycles. The fourth-order valence-corrected chi connectivity index (χ4v) is 2.44. The second-order valence-corrected chi connectivity index (χ2v) is 5.05. The molecule has 0 saturated carbocycles. The summed E-state index contributed by atoms with van der Waals surface area (Å²) < 4.78 is 11.5. The van der Waals surface area contributed by atoms with Gasteiger partial charge < -0.3 is 14.5 Å². The maximum atomic E-state index is 6.04. The van der Waals surface area contributed by atoms with E-state index < -0.39 is 0 Å². The van der Waals surface area contributed by atoms with Crippen LogP contribution in [-0.4, -0.2) is 18.1 Å². The van der Waals surface area contributed by atoms with Gasteiger partial charge in [-0.15, -0.1) is 0 Å². The second kappa shape index (κ2) is 5.63. The van der Waals surface area contributed by atoms with Crippen LogP contribution in [0.15, 0.2) is 41.1 Å². The van der Waals surface area contributed by atoms with Gasteiger partial charge in [0.05, 0.1) is 6.20 Å². The fraction of sp³-hybridized carbons (Fsp3) is 0.357. The molecule has 1 aromatic carbocycles. The number of oxazole rings is 1. The summed E-state index contributed by atoms with van der Waals surface area (Å²) in [6.45, 7) is 1.92. The van der Waals surface area contributed by atoms with E-state index in [0.717, 1.165) is 25.3 Å². The summed E-state index contributed by atoms with van der Waals surface area (Å²) in [6.07, 6.45) is 4.12. The first-order chi connectivity index (χ1) is 9.33. The van der Waals surface area contributed by atoms with E-state index in [0.29, 0.717) is 16.8 Å². The molecule has 4 nitrogen and oxygen atoms in total. The second-order valence-electron chi connectivity index (χ2n) is 4.62. The van der Waals surface area contributed by atoms with Crippen LogP contribution in [0.3, 0.4) is 0 Å². The van der Waals surface area contributed by atoms with Crippen LogP contribution in [0.4, 0.5) is 0 Å². The predicted octanol–water partition coefficient (Wildman–Crippen LogP) is 3.06. The van der Waals surface area contributed by atoms with Crippen molar-refractivity contribution in [2.24, 2.45) is 5.92 Å². The highest BCUT2D eigenvalue weighted by atomic mass is 35.5. The molecule has 3 rings (SSSR count). The van der Waals surface area contributed by atoms with Gasteiger partial charge in [0.25, 0.3) is 0 Å². The molecule has 0 bridgehead atoms. The lowest BCUT2D eigenvalue weighted by Crippen LogP contribution is -2.21. The van der Waals surface area contributed by atoms with Gasteiger partial charge in [0, 0.05) is 17.5 Å². The number of halogens is 1. The number of nitrogens with one attached hydrogen (secondary N) is 1. The summed E-state index contributed by atoms with van der Waals surface area (Å²) in [5, 5.41) is 4.04. The monoisotopic (exact) mass is 278 g/mol. The Morgan fingerprint density at radius 3 is 2.84 bits per heavy atom. The van der Waals surface area contributed by atoms with E-state index in [1.54, 1.807) is 12.5 Å². The molecule has 0 radical (unpaired) electrons. The summed E-state index contributed by atoms with van der Waals surface area (Å²) in [4.78, 5) is 4.23. The fourth-order valence-electron chi connectivity index (χ4n) is 2.32. The first kappa shape index (κ1) is 12.5. The smallest absolute Gasteiger partial charge is 0.235 e. The highest BCUT2D eigenvalue weighted by molar-refractivity contribution is 6.30.